The van der Waals surface area contributed by atoms with Crippen molar-refractivity contribution in [2.75, 3.05) is 19.6 Å². The van der Waals surface area contributed by atoms with Gasteiger partial charge in [-0.05, 0) is 87.6 Å². The molecule has 2 aromatic rings. The molecule has 0 bridgehead atoms. The third-order valence-electron chi connectivity index (χ3n) is 13.9. The number of nitrogens with one attached hydrogen (secondary N) is 8. The summed E-state index contributed by atoms with van der Waals surface area (Å²) < 4.78 is 0. The Kier molecular flexibility index (Phi) is 30.4. The summed E-state index contributed by atoms with van der Waals surface area (Å²) in [5.74, 6) is -13.6. The molecule has 0 unspecified atom stereocenters. The van der Waals surface area contributed by atoms with Crippen LogP contribution in [0.1, 0.15) is 96.1 Å². The highest BCUT2D eigenvalue weighted by atomic mass is 16.4. The fourth-order valence-electron chi connectivity index (χ4n) is 9.22. The van der Waals surface area contributed by atoms with Gasteiger partial charge < -0.3 is 102 Å². The molecule has 2 aromatic carbocycles. The lowest BCUT2D eigenvalue weighted by molar-refractivity contribution is -0.144. The van der Waals surface area contributed by atoms with Crippen molar-refractivity contribution >= 4 is 83.2 Å². The van der Waals surface area contributed by atoms with Gasteiger partial charge in [0.1, 0.15) is 66.4 Å². The number of aromatic hydroxyl groups is 1. The van der Waals surface area contributed by atoms with Crippen LogP contribution in [0.4, 0.5) is 0 Å². The van der Waals surface area contributed by atoms with Crippen LogP contribution in [0.3, 0.4) is 0 Å². The number of hydrogen-bond donors (Lipinski definition) is 17. The highest BCUT2D eigenvalue weighted by Crippen LogP contribution is 2.21. The van der Waals surface area contributed by atoms with Gasteiger partial charge in [0, 0.05) is 25.9 Å². The summed E-state index contributed by atoms with van der Waals surface area (Å²) in [6.45, 7) is 4.52. The molecule has 0 saturated carbocycles. The molecule has 1 saturated heterocycles. The lowest BCUT2D eigenvalue weighted by atomic mass is 9.99. The molecule has 1 fully saturated rings. The fraction of sp³-hybridized carbons (Fsp3) is 0.536. The predicted molar refractivity (Wildman–Crippen MR) is 315 cm³/mol. The average molecular weight is 1240 g/mol. The van der Waals surface area contributed by atoms with Crippen LogP contribution in [0.15, 0.2) is 59.6 Å². The molecule has 1 heterocycles. The Morgan fingerprint density at radius 3 is 1.64 bits per heavy atom. The summed E-state index contributed by atoms with van der Waals surface area (Å²) in [7, 11) is 0. The molecular formula is C56H84N16O16. The molecule has 11 atom stereocenters. The lowest BCUT2D eigenvalue weighted by Gasteiger charge is -2.31. The van der Waals surface area contributed by atoms with E-state index in [0.717, 1.165) is 4.90 Å². The third kappa shape index (κ3) is 25.0. The molecule has 23 N–H and O–H groups in total. The van der Waals surface area contributed by atoms with E-state index in [0.29, 0.717) is 30.3 Å². The Morgan fingerprint density at radius 2 is 1.11 bits per heavy atom. The van der Waals surface area contributed by atoms with E-state index in [-0.39, 0.29) is 76.3 Å². The number of phenolic OH excluding ortho intramolecular Hbond substituents is 1. The van der Waals surface area contributed by atoms with Crippen LogP contribution in [-0.2, 0) is 75.2 Å². The maximum atomic E-state index is 14.5. The van der Waals surface area contributed by atoms with Crippen molar-refractivity contribution in [1.29, 1.82) is 0 Å². The Hall–Kier alpha value is -9.30. The van der Waals surface area contributed by atoms with Crippen LogP contribution in [-0.4, -0.2) is 190 Å². The number of primary amides is 2. The zero-order valence-corrected chi connectivity index (χ0v) is 49.3. The first-order chi connectivity index (χ1) is 41.5. The molecule has 3 rings (SSSR count). The maximum Gasteiger partial charge on any atom is 0.305 e. The van der Waals surface area contributed by atoms with E-state index in [1.54, 1.807) is 44.2 Å². The van der Waals surface area contributed by atoms with Crippen molar-refractivity contribution in [2.45, 2.75) is 164 Å². The first-order valence-electron chi connectivity index (χ1n) is 28.5. The average Bonchev–Trinajstić information content (AvgIpc) is 3.19. The minimum atomic E-state index is -1.97. The van der Waals surface area contributed by atoms with Gasteiger partial charge in [0.15, 0.2) is 5.96 Å². The van der Waals surface area contributed by atoms with Gasteiger partial charge in [-0.15, -0.1) is 0 Å². The fourth-order valence-corrected chi connectivity index (χ4v) is 9.22. The molecule has 1 aliphatic rings. The van der Waals surface area contributed by atoms with Gasteiger partial charge in [0.05, 0.1) is 31.4 Å². The normalized spacial score (nSPS) is 16.2. The van der Waals surface area contributed by atoms with Crippen LogP contribution in [0.2, 0.25) is 0 Å². The Labute approximate surface area is 507 Å². The molecule has 484 valence electrons. The number of hydrogen-bond acceptors (Lipinski definition) is 18. The number of aldehydes is 1. The number of nitrogens with zero attached hydrogens (tertiary/aromatic N) is 2. The van der Waals surface area contributed by atoms with Gasteiger partial charge in [-0.1, -0.05) is 56.3 Å². The zero-order chi connectivity index (χ0) is 65.8. The molecule has 88 heavy (non-hydrogen) atoms. The number of phenols is 1. The number of aliphatic imine (C=N–C) groups is 1. The smallest absolute Gasteiger partial charge is 0.305 e. The number of unbranched alkanes of at least 4 members (excludes halogenated alkanes) is 1. The second-order valence-corrected chi connectivity index (χ2v) is 21.5. The summed E-state index contributed by atoms with van der Waals surface area (Å²) in [5, 5.41) is 49.7. The number of benzene rings is 2. The van der Waals surface area contributed by atoms with Crippen molar-refractivity contribution in [3.63, 3.8) is 0 Å². The van der Waals surface area contributed by atoms with Gasteiger partial charge in [0.2, 0.25) is 65.0 Å². The number of carbonyl (C=O) groups is 13. The third-order valence-corrected chi connectivity index (χ3v) is 13.9. The summed E-state index contributed by atoms with van der Waals surface area (Å²) in [6, 6.07) is -1.47. The van der Waals surface area contributed by atoms with E-state index < -0.39 is 163 Å². The van der Waals surface area contributed by atoms with Gasteiger partial charge in [0.25, 0.3) is 0 Å². The Bertz CT molecular complexity index is 2780. The molecular weight excluding hydrogens is 1150 g/mol. The molecule has 32 nitrogen and oxygen atoms in total. The summed E-state index contributed by atoms with van der Waals surface area (Å²) in [4.78, 5) is 179. The highest BCUT2D eigenvalue weighted by molar-refractivity contribution is 6.00. The SMILES string of the molecule is CC(C)[C@H](NC(=O)[C@@H]1CCCN1C(=O)[C@H](CC(N)=O)NC(=O)[C@H](CC(=O)O)NC(=O)[C@H](Cc1ccccc1)NC(=O)[C@@H](N)CC(N)=O)C(=O)N[C@@H](Cc1ccc(O)cc1)C(=O)N[C@@H](CCCN=C(N)N)C(=O)N[C@@H](CCCCN)C(=O)N[C@H](C=O)[C@@H](C)O. The maximum absolute atomic E-state index is 14.5. The molecule has 0 radical (unpaired) electrons. The summed E-state index contributed by atoms with van der Waals surface area (Å²) in [6.07, 6.45) is -3.04. The van der Waals surface area contributed by atoms with Crippen molar-refractivity contribution in [2.24, 2.45) is 45.3 Å². The van der Waals surface area contributed by atoms with Gasteiger partial charge in [-0.3, -0.25) is 62.5 Å². The molecule has 0 spiro atoms. The van der Waals surface area contributed by atoms with E-state index in [9.17, 15) is 77.6 Å². The van der Waals surface area contributed by atoms with Crippen LogP contribution in [0.5, 0.6) is 5.75 Å². The number of carbonyl (C=O) groups excluding carboxylic acids is 12. The topological polar surface area (TPSA) is 551 Å². The van der Waals surface area contributed by atoms with Crippen LogP contribution in [0, 0.1) is 5.92 Å². The number of amides is 11. The van der Waals surface area contributed by atoms with Gasteiger partial charge in [-0.25, -0.2) is 0 Å². The number of likely N-dealkylation sites (tertiary alicyclic amines) is 1. The summed E-state index contributed by atoms with van der Waals surface area (Å²) in [5.41, 5.74) is 34.1. The standard InChI is InChI=1S/C56H84N16O16/c1-29(2)46(54(87)68-38(24-32-16-18-33(75)19-17-32)50(83)65-36(14-9-21-63-56(61)62)48(81)64-35(13-7-8-20-57)49(82)70-41(28-73)30(3)74)71-53(86)42-15-10-22-72(42)55(88)40(26-44(60)77)69-52(85)39(27-45(78)79)67-51(84)37(23-31-11-5-4-6-12-31)66-47(80)34(58)25-43(59)76/h4-6,11-12,16-19,28-30,34-42,46,74-75H,7-10,13-15,20-27,57-58H2,1-3H3,(H2,59,76)(H2,60,77)(H,64,81)(H,65,83)(H,66,80)(H,67,84)(H,68,87)(H,69,85)(H,70,82)(H,71,86)(H,78,79)(H4,61,62,63)/t30-,34+,35+,36+,37+,38+,39+,40+,41-,42+,46+/m1/s1. The van der Waals surface area contributed by atoms with Crippen molar-refractivity contribution in [1.82, 2.24) is 47.4 Å². The Morgan fingerprint density at radius 1 is 0.614 bits per heavy atom. The second-order valence-electron chi connectivity index (χ2n) is 21.5. The van der Waals surface area contributed by atoms with Crippen molar-refractivity contribution in [3.05, 3.63) is 65.7 Å². The molecule has 0 aliphatic carbocycles. The molecule has 11 amide bonds. The van der Waals surface area contributed by atoms with Crippen LogP contribution in [0.25, 0.3) is 0 Å². The molecule has 1 aliphatic heterocycles. The van der Waals surface area contributed by atoms with E-state index in [1.165, 1.54) is 31.2 Å². The lowest BCUT2D eigenvalue weighted by Crippen LogP contribution is -2.61. The number of aliphatic hydroxyl groups excluding tert-OH is 1. The van der Waals surface area contributed by atoms with Gasteiger partial charge in [-0.2, -0.15) is 0 Å². The number of guanidine groups is 1. The molecule has 0 aromatic heterocycles. The Balaban J connectivity index is 1.93. The summed E-state index contributed by atoms with van der Waals surface area (Å²) >= 11 is 0. The first-order valence-corrected chi connectivity index (χ1v) is 28.5. The van der Waals surface area contributed by atoms with E-state index >= 15 is 0 Å². The zero-order valence-electron chi connectivity index (χ0n) is 49.3. The minimum absolute atomic E-state index is 0.00217. The largest absolute Gasteiger partial charge is 0.508 e. The monoisotopic (exact) mass is 1240 g/mol. The van der Waals surface area contributed by atoms with Gasteiger partial charge >= 0.3 is 5.97 Å². The quantitative estimate of drug-likeness (QED) is 0.0129. The highest BCUT2D eigenvalue weighted by Gasteiger charge is 2.42. The van der Waals surface area contributed by atoms with E-state index in [2.05, 4.69) is 47.5 Å². The number of aliphatic carboxylic acids is 1. The van der Waals surface area contributed by atoms with E-state index in [4.69, 9.17) is 34.4 Å². The second kappa shape index (κ2) is 36.6. The molecule has 32 heteroatoms. The van der Waals surface area contributed by atoms with Crippen molar-refractivity contribution < 1.29 is 77.6 Å². The van der Waals surface area contributed by atoms with Crippen LogP contribution < -0.4 is 76.9 Å². The van der Waals surface area contributed by atoms with Crippen LogP contribution >= 0.6 is 0 Å². The first kappa shape index (κ1) is 73.0. The number of aliphatic hydroxyl groups is 1. The number of rotatable bonds is 38. The van der Waals surface area contributed by atoms with Crippen molar-refractivity contribution in [3.8, 4) is 5.75 Å². The number of nitrogens with two attached hydrogens (primary N) is 6. The number of carboxylic acid groups (broad SMARTS) is 1. The minimum Gasteiger partial charge on any atom is -0.508 e. The number of carboxylic acids is 1. The predicted octanol–water partition coefficient (Wildman–Crippen LogP) is -5.98. The van der Waals surface area contributed by atoms with E-state index in [1.807, 2.05) is 0 Å².